The highest BCUT2D eigenvalue weighted by Gasteiger charge is 2.13. The number of hydrogen-bond donors (Lipinski definition) is 1. The van der Waals surface area contributed by atoms with Crippen molar-refractivity contribution in [3.8, 4) is 0 Å². The van der Waals surface area contributed by atoms with Gasteiger partial charge in [0.05, 0.1) is 0 Å². The van der Waals surface area contributed by atoms with Crippen LogP contribution in [0, 0.1) is 0 Å². The first-order valence-electron chi connectivity index (χ1n) is 4.83. The zero-order chi connectivity index (χ0) is 9.54. The van der Waals surface area contributed by atoms with Crippen molar-refractivity contribution in [1.29, 1.82) is 0 Å². The van der Waals surface area contributed by atoms with E-state index in [0.29, 0.717) is 0 Å². The van der Waals surface area contributed by atoms with Gasteiger partial charge in [-0.25, -0.2) is 0 Å². The van der Waals surface area contributed by atoms with E-state index in [2.05, 4.69) is 22.0 Å². The van der Waals surface area contributed by atoms with E-state index >= 15 is 0 Å². The molecule has 2 nitrogen and oxygen atoms in total. The van der Waals surface area contributed by atoms with Crippen molar-refractivity contribution in [3.63, 3.8) is 0 Å². The lowest BCUT2D eigenvalue weighted by Crippen LogP contribution is -2.27. The molecule has 3 rings (SSSR count). The molecule has 1 N–H and O–H groups in total. The van der Waals surface area contributed by atoms with Gasteiger partial charge in [0.25, 0.3) is 0 Å². The maximum Gasteiger partial charge on any atom is 0.0499 e. The van der Waals surface area contributed by atoms with Crippen LogP contribution in [0.5, 0.6) is 0 Å². The maximum atomic E-state index is 6.14. The van der Waals surface area contributed by atoms with Gasteiger partial charge in [0.1, 0.15) is 0 Å². The second-order valence-electron chi connectivity index (χ2n) is 3.64. The molecule has 1 aliphatic heterocycles. The predicted octanol–water partition coefficient (Wildman–Crippen LogP) is 2.40. The van der Waals surface area contributed by atoms with Crippen molar-refractivity contribution >= 4 is 22.5 Å². The molecule has 1 aliphatic rings. The third kappa shape index (κ3) is 1.08. The number of aromatic nitrogens is 1. The van der Waals surface area contributed by atoms with Crippen LogP contribution in [0.2, 0.25) is 5.02 Å². The van der Waals surface area contributed by atoms with E-state index in [1.54, 1.807) is 0 Å². The zero-order valence-electron chi connectivity index (χ0n) is 7.76. The largest absolute Gasteiger partial charge is 0.342 e. The first-order chi connectivity index (χ1) is 6.86. The van der Waals surface area contributed by atoms with Crippen LogP contribution in [0.15, 0.2) is 24.3 Å². The fourth-order valence-electron chi connectivity index (χ4n) is 2.12. The lowest BCUT2D eigenvalue weighted by molar-refractivity contribution is 0.527. The number of fused-ring (bicyclic) bond motifs is 3. The molecule has 2 heterocycles. The minimum Gasteiger partial charge on any atom is -0.342 e. The van der Waals surface area contributed by atoms with Gasteiger partial charge in [-0.3, -0.25) is 0 Å². The van der Waals surface area contributed by atoms with Crippen LogP contribution in [0.4, 0.5) is 0 Å². The Labute approximate surface area is 87.5 Å². The summed E-state index contributed by atoms with van der Waals surface area (Å²) in [5.74, 6) is 0. The molecule has 0 unspecified atom stereocenters. The molecule has 72 valence electrons. The summed E-state index contributed by atoms with van der Waals surface area (Å²) in [6, 6.07) is 8.28. The molecule has 0 spiro atoms. The monoisotopic (exact) mass is 206 g/mol. The standard InChI is InChI=1S/C11H11ClN2/c12-10-2-1-3-11-9(10)6-8-7-13-4-5-14(8)11/h1-3,6,13H,4-5,7H2. The number of rotatable bonds is 0. The Kier molecular flexibility index (Phi) is 1.79. The molecule has 3 heteroatoms. The number of nitrogens with one attached hydrogen (secondary N) is 1. The number of nitrogens with zero attached hydrogens (tertiary/aromatic N) is 1. The van der Waals surface area contributed by atoms with Gasteiger partial charge in [0, 0.05) is 41.3 Å². The summed E-state index contributed by atoms with van der Waals surface area (Å²) in [6.45, 7) is 3.04. The molecule has 0 bridgehead atoms. The van der Waals surface area contributed by atoms with Crippen molar-refractivity contribution in [2.75, 3.05) is 6.54 Å². The topological polar surface area (TPSA) is 17.0 Å². The average Bonchev–Trinajstić information content (AvgIpc) is 2.59. The molecular formula is C11H11ClN2. The Morgan fingerprint density at radius 2 is 2.29 bits per heavy atom. The van der Waals surface area contributed by atoms with Gasteiger partial charge in [0.2, 0.25) is 0 Å². The van der Waals surface area contributed by atoms with Crippen LogP contribution in [-0.4, -0.2) is 11.1 Å². The second kappa shape index (κ2) is 3.01. The van der Waals surface area contributed by atoms with Crippen LogP contribution >= 0.6 is 11.6 Å². The van der Waals surface area contributed by atoms with E-state index in [1.807, 2.05) is 12.1 Å². The Hall–Kier alpha value is -0.990. The highest BCUT2D eigenvalue weighted by Crippen LogP contribution is 2.27. The molecular weight excluding hydrogens is 196 g/mol. The fourth-order valence-corrected chi connectivity index (χ4v) is 2.35. The number of halogens is 1. The van der Waals surface area contributed by atoms with Crippen molar-refractivity contribution in [1.82, 2.24) is 9.88 Å². The fraction of sp³-hybridized carbons (Fsp3) is 0.273. The van der Waals surface area contributed by atoms with Crippen molar-refractivity contribution in [3.05, 3.63) is 35.0 Å². The van der Waals surface area contributed by atoms with Gasteiger partial charge in [-0.05, 0) is 18.2 Å². The van der Waals surface area contributed by atoms with E-state index < -0.39 is 0 Å². The smallest absolute Gasteiger partial charge is 0.0499 e. The molecule has 1 aromatic heterocycles. The Morgan fingerprint density at radius 3 is 3.21 bits per heavy atom. The predicted molar refractivity (Wildman–Crippen MR) is 58.7 cm³/mol. The first kappa shape index (κ1) is 8.33. The summed E-state index contributed by atoms with van der Waals surface area (Å²) in [5, 5.41) is 5.38. The molecule has 0 aliphatic carbocycles. The van der Waals surface area contributed by atoms with Crippen LogP contribution in [0.1, 0.15) is 5.69 Å². The summed E-state index contributed by atoms with van der Waals surface area (Å²) in [4.78, 5) is 0. The molecule has 0 saturated heterocycles. The van der Waals surface area contributed by atoms with Gasteiger partial charge in [-0.1, -0.05) is 17.7 Å². The van der Waals surface area contributed by atoms with Crippen LogP contribution in [0.3, 0.4) is 0 Å². The molecule has 2 aromatic rings. The van der Waals surface area contributed by atoms with Gasteiger partial charge in [-0.2, -0.15) is 0 Å². The molecule has 0 radical (unpaired) electrons. The lowest BCUT2D eigenvalue weighted by atomic mass is 10.2. The molecule has 0 fully saturated rings. The Balaban J connectivity index is 2.36. The normalized spacial score (nSPS) is 15.8. The third-order valence-corrected chi connectivity index (χ3v) is 3.13. The summed E-state index contributed by atoms with van der Waals surface area (Å²) >= 11 is 6.14. The van der Waals surface area contributed by atoms with Gasteiger partial charge in [-0.15, -0.1) is 0 Å². The first-order valence-corrected chi connectivity index (χ1v) is 5.21. The molecule has 0 saturated carbocycles. The van der Waals surface area contributed by atoms with Gasteiger partial charge < -0.3 is 9.88 Å². The molecule has 14 heavy (non-hydrogen) atoms. The van der Waals surface area contributed by atoms with Crippen LogP contribution in [-0.2, 0) is 13.1 Å². The number of benzene rings is 1. The molecule has 0 amide bonds. The van der Waals surface area contributed by atoms with E-state index in [1.165, 1.54) is 16.6 Å². The van der Waals surface area contributed by atoms with Crippen LogP contribution in [0.25, 0.3) is 10.9 Å². The zero-order valence-corrected chi connectivity index (χ0v) is 8.51. The highest BCUT2D eigenvalue weighted by molar-refractivity contribution is 6.35. The van der Waals surface area contributed by atoms with E-state index in [0.717, 1.165) is 24.7 Å². The number of hydrogen-bond acceptors (Lipinski definition) is 1. The van der Waals surface area contributed by atoms with Crippen LogP contribution < -0.4 is 5.32 Å². The minimum atomic E-state index is 0.851. The van der Waals surface area contributed by atoms with Crippen molar-refractivity contribution < 1.29 is 0 Å². The average molecular weight is 207 g/mol. The van der Waals surface area contributed by atoms with E-state index in [-0.39, 0.29) is 0 Å². The van der Waals surface area contributed by atoms with E-state index in [4.69, 9.17) is 11.6 Å². The van der Waals surface area contributed by atoms with Crippen molar-refractivity contribution in [2.45, 2.75) is 13.1 Å². The Morgan fingerprint density at radius 1 is 1.36 bits per heavy atom. The minimum absolute atomic E-state index is 0.851. The maximum absolute atomic E-state index is 6.14. The highest BCUT2D eigenvalue weighted by atomic mass is 35.5. The van der Waals surface area contributed by atoms with E-state index in [9.17, 15) is 0 Å². The van der Waals surface area contributed by atoms with Gasteiger partial charge in [0.15, 0.2) is 0 Å². The quantitative estimate of drug-likeness (QED) is 0.701. The Bertz CT molecular complexity index is 487. The van der Waals surface area contributed by atoms with Gasteiger partial charge >= 0.3 is 0 Å². The molecule has 0 atom stereocenters. The summed E-state index contributed by atoms with van der Waals surface area (Å²) < 4.78 is 2.34. The third-order valence-electron chi connectivity index (χ3n) is 2.80. The second-order valence-corrected chi connectivity index (χ2v) is 4.04. The van der Waals surface area contributed by atoms with Crippen molar-refractivity contribution in [2.24, 2.45) is 0 Å². The summed E-state index contributed by atoms with van der Waals surface area (Å²) in [5.41, 5.74) is 2.59. The summed E-state index contributed by atoms with van der Waals surface area (Å²) in [7, 11) is 0. The lowest BCUT2D eigenvalue weighted by Gasteiger charge is -2.16. The molecule has 1 aromatic carbocycles. The SMILES string of the molecule is Clc1cccc2c1cc1n2CCNC1. The summed E-state index contributed by atoms with van der Waals surface area (Å²) in [6.07, 6.45) is 0.